The van der Waals surface area contributed by atoms with Crippen molar-refractivity contribution in [1.29, 1.82) is 0 Å². The predicted molar refractivity (Wildman–Crippen MR) is 83.5 cm³/mol. The number of alkyl halides is 1. The van der Waals surface area contributed by atoms with Gasteiger partial charge in [-0.2, -0.15) is 13.1 Å². The Bertz CT molecular complexity index is 563. The van der Waals surface area contributed by atoms with Crippen LogP contribution in [0.5, 0.6) is 0 Å². The van der Waals surface area contributed by atoms with Crippen LogP contribution in [0.1, 0.15) is 31.7 Å². The summed E-state index contributed by atoms with van der Waals surface area (Å²) in [7, 11) is -3.75. The molecule has 118 valence electrons. The summed E-state index contributed by atoms with van der Waals surface area (Å²) in [5.41, 5.74) is 1.02. The number of hydroxylamine groups is 3. The number of nitrogens with zero attached hydrogens (tertiary/aromatic N) is 1. The van der Waals surface area contributed by atoms with Gasteiger partial charge in [-0.15, -0.1) is 11.6 Å². The Morgan fingerprint density at radius 1 is 1.24 bits per heavy atom. The minimum Gasteiger partial charge on any atom is -0.189 e. The Morgan fingerprint density at radius 3 is 2.33 bits per heavy atom. The minimum atomic E-state index is -3.75. The van der Waals surface area contributed by atoms with Gasteiger partial charge in [-0.25, -0.2) is 0 Å². The van der Waals surface area contributed by atoms with E-state index in [-0.39, 0.29) is 14.9 Å². The molecule has 0 spiro atoms. The van der Waals surface area contributed by atoms with Crippen molar-refractivity contribution in [3.05, 3.63) is 29.8 Å². The van der Waals surface area contributed by atoms with Gasteiger partial charge in [-0.05, 0) is 25.5 Å². The SMILES string of the molecule is CCC[N+]1(OS(=O)(=O)c2ccc(C)cc2)CCC(Cl)CC1. The zero-order valence-corrected chi connectivity index (χ0v) is 14.2. The van der Waals surface area contributed by atoms with Crippen molar-refractivity contribution in [1.82, 2.24) is 0 Å². The maximum atomic E-state index is 12.5. The van der Waals surface area contributed by atoms with Crippen LogP contribution in [-0.2, 0) is 14.4 Å². The van der Waals surface area contributed by atoms with Crippen molar-refractivity contribution >= 4 is 21.7 Å². The fourth-order valence-corrected chi connectivity index (χ4v) is 4.10. The van der Waals surface area contributed by atoms with Gasteiger partial charge in [-0.1, -0.05) is 28.9 Å². The Balaban J connectivity index is 2.21. The van der Waals surface area contributed by atoms with Crippen LogP contribution in [0.15, 0.2) is 29.2 Å². The van der Waals surface area contributed by atoms with Crippen LogP contribution >= 0.6 is 11.6 Å². The van der Waals surface area contributed by atoms with Crippen molar-refractivity contribution in [3.8, 4) is 0 Å². The Hall–Kier alpha value is -0.620. The van der Waals surface area contributed by atoms with Gasteiger partial charge in [-0.3, -0.25) is 0 Å². The summed E-state index contributed by atoms with van der Waals surface area (Å²) in [4.78, 5) is 0.217. The lowest BCUT2D eigenvalue weighted by atomic mass is 10.1. The highest BCUT2D eigenvalue weighted by molar-refractivity contribution is 7.86. The maximum Gasteiger partial charge on any atom is 0.342 e. The first-order valence-corrected chi connectivity index (χ1v) is 9.24. The fourth-order valence-electron chi connectivity index (χ4n) is 2.71. The molecule has 0 aliphatic carbocycles. The molecular weight excluding hydrogens is 310 g/mol. The molecule has 1 heterocycles. The van der Waals surface area contributed by atoms with Gasteiger partial charge in [0.2, 0.25) is 0 Å². The Morgan fingerprint density at radius 2 is 1.81 bits per heavy atom. The number of benzene rings is 1. The lowest BCUT2D eigenvalue weighted by Crippen LogP contribution is -2.54. The summed E-state index contributed by atoms with van der Waals surface area (Å²) in [5.74, 6) is 0. The Labute approximate surface area is 132 Å². The van der Waals surface area contributed by atoms with E-state index in [0.717, 1.165) is 24.8 Å². The van der Waals surface area contributed by atoms with Gasteiger partial charge in [0.25, 0.3) is 0 Å². The van der Waals surface area contributed by atoms with E-state index in [1.165, 1.54) is 0 Å². The van der Waals surface area contributed by atoms with Gasteiger partial charge in [0, 0.05) is 18.2 Å². The summed E-state index contributed by atoms with van der Waals surface area (Å²) < 4.78 is 30.8. The van der Waals surface area contributed by atoms with E-state index in [0.29, 0.717) is 19.6 Å². The standard InChI is InChI=1S/C15H23ClNO3S/c1-3-10-17(11-8-14(16)9-12-17)20-21(18,19)15-6-4-13(2)5-7-15/h4-7,14H,3,8-12H2,1-2H3/q+1. The molecule has 0 aromatic heterocycles. The average molecular weight is 333 g/mol. The second-order valence-electron chi connectivity index (χ2n) is 5.75. The average Bonchev–Trinajstić information content (AvgIpc) is 2.43. The summed E-state index contributed by atoms with van der Waals surface area (Å²) in [6.45, 7) is 5.94. The molecule has 21 heavy (non-hydrogen) atoms. The lowest BCUT2D eigenvalue weighted by molar-refractivity contribution is -1.08. The summed E-state index contributed by atoms with van der Waals surface area (Å²) in [6.07, 6.45) is 2.44. The molecule has 1 fully saturated rings. The van der Waals surface area contributed by atoms with Crippen LogP contribution in [-0.4, -0.2) is 38.1 Å². The molecule has 0 unspecified atom stereocenters. The van der Waals surface area contributed by atoms with Gasteiger partial charge in [0.1, 0.15) is 19.6 Å². The first-order valence-electron chi connectivity index (χ1n) is 7.40. The van der Waals surface area contributed by atoms with Crippen molar-refractivity contribution in [2.24, 2.45) is 0 Å². The smallest absolute Gasteiger partial charge is 0.189 e. The van der Waals surface area contributed by atoms with Crippen LogP contribution in [0, 0.1) is 6.92 Å². The Kier molecular flexibility index (Phi) is 5.30. The molecule has 1 aromatic carbocycles. The molecule has 1 aromatic rings. The van der Waals surface area contributed by atoms with E-state index >= 15 is 0 Å². The third-order valence-electron chi connectivity index (χ3n) is 3.90. The van der Waals surface area contributed by atoms with Gasteiger partial charge in [0.15, 0.2) is 0 Å². The third kappa shape index (κ3) is 4.19. The van der Waals surface area contributed by atoms with Crippen molar-refractivity contribution in [2.45, 2.75) is 43.4 Å². The van der Waals surface area contributed by atoms with Crippen LogP contribution < -0.4 is 0 Å². The van der Waals surface area contributed by atoms with Gasteiger partial charge >= 0.3 is 10.1 Å². The third-order valence-corrected chi connectivity index (χ3v) is 5.70. The molecule has 6 heteroatoms. The van der Waals surface area contributed by atoms with Crippen molar-refractivity contribution < 1.29 is 17.3 Å². The molecule has 1 saturated heterocycles. The highest BCUT2D eigenvalue weighted by atomic mass is 35.5. The number of halogens is 1. The zero-order valence-electron chi connectivity index (χ0n) is 12.6. The number of piperidine rings is 1. The van der Waals surface area contributed by atoms with E-state index in [2.05, 4.69) is 0 Å². The van der Waals surface area contributed by atoms with Crippen LogP contribution in [0.4, 0.5) is 0 Å². The zero-order chi connectivity index (χ0) is 15.5. The molecule has 4 nitrogen and oxygen atoms in total. The molecule has 0 bridgehead atoms. The number of rotatable bonds is 5. The maximum absolute atomic E-state index is 12.5. The summed E-state index contributed by atoms with van der Waals surface area (Å²) in [5, 5.41) is 0.124. The number of hydrogen-bond donors (Lipinski definition) is 0. The van der Waals surface area contributed by atoms with Gasteiger partial charge < -0.3 is 0 Å². The number of likely N-dealkylation sites (tertiary alicyclic amines) is 1. The molecule has 0 radical (unpaired) electrons. The van der Waals surface area contributed by atoms with E-state index < -0.39 is 10.1 Å². The molecule has 0 saturated carbocycles. The highest BCUT2D eigenvalue weighted by Crippen LogP contribution is 2.27. The summed E-state index contributed by atoms with van der Waals surface area (Å²) >= 11 is 6.13. The van der Waals surface area contributed by atoms with Gasteiger partial charge in [0.05, 0.1) is 4.90 Å². The second-order valence-corrected chi connectivity index (χ2v) is 7.89. The fraction of sp³-hybridized carbons (Fsp3) is 0.600. The van der Waals surface area contributed by atoms with E-state index in [1.807, 2.05) is 13.8 Å². The second kappa shape index (κ2) is 6.65. The monoisotopic (exact) mass is 332 g/mol. The van der Waals surface area contributed by atoms with Crippen LogP contribution in [0.3, 0.4) is 0 Å². The van der Waals surface area contributed by atoms with E-state index in [9.17, 15) is 8.42 Å². The van der Waals surface area contributed by atoms with E-state index in [1.54, 1.807) is 24.3 Å². The minimum absolute atomic E-state index is 0.124. The van der Waals surface area contributed by atoms with Crippen LogP contribution in [0.2, 0.25) is 0 Å². The molecule has 2 rings (SSSR count). The number of quaternary nitrogens is 1. The lowest BCUT2D eigenvalue weighted by Gasteiger charge is -2.38. The predicted octanol–water partition coefficient (Wildman–Crippen LogP) is 3.24. The summed E-state index contributed by atoms with van der Waals surface area (Å²) in [6, 6.07) is 6.76. The molecule has 0 amide bonds. The van der Waals surface area contributed by atoms with E-state index in [4.69, 9.17) is 15.9 Å². The quantitative estimate of drug-likeness (QED) is 0.614. The van der Waals surface area contributed by atoms with Crippen molar-refractivity contribution in [2.75, 3.05) is 19.6 Å². The molecular formula is C15H23ClNO3S+. The molecule has 1 aliphatic heterocycles. The normalized spacial score (nSPS) is 26.7. The highest BCUT2D eigenvalue weighted by Gasteiger charge is 2.40. The first kappa shape index (κ1) is 16.7. The number of aryl methyl sites for hydroxylation is 1. The largest absolute Gasteiger partial charge is 0.342 e. The molecule has 0 N–H and O–H groups in total. The number of hydrogen-bond acceptors (Lipinski definition) is 3. The topological polar surface area (TPSA) is 43.4 Å². The van der Waals surface area contributed by atoms with Crippen LogP contribution in [0.25, 0.3) is 0 Å². The molecule has 1 aliphatic rings. The first-order chi connectivity index (χ1) is 9.87. The van der Waals surface area contributed by atoms with Crippen molar-refractivity contribution in [3.63, 3.8) is 0 Å². The molecule has 0 atom stereocenters.